The number of benzene rings is 1. The first-order chi connectivity index (χ1) is 9.16. The lowest BCUT2D eigenvalue weighted by Crippen LogP contribution is -2.25. The van der Waals surface area contributed by atoms with E-state index in [1.165, 1.54) is 18.2 Å². The quantitative estimate of drug-likeness (QED) is 0.901. The van der Waals surface area contributed by atoms with Gasteiger partial charge in [-0.1, -0.05) is 17.7 Å². The molecule has 2 aromatic rings. The summed E-state index contributed by atoms with van der Waals surface area (Å²) in [6, 6.07) is 8.16. The molecule has 0 saturated carbocycles. The van der Waals surface area contributed by atoms with Gasteiger partial charge in [-0.05, 0) is 36.2 Å². The number of rotatable bonds is 4. The minimum Gasteiger partial charge on any atom is -0.507 e. The average Bonchev–Trinajstić information content (AvgIpc) is 2.42. The van der Waals surface area contributed by atoms with E-state index in [0.29, 0.717) is 18.0 Å². The lowest BCUT2D eigenvalue weighted by Gasteiger charge is -2.07. The van der Waals surface area contributed by atoms with Crippen LogP contribution in [0.25, 0.3) is 0 Å². The maximum Gasteiger partial charge on any atom is 0.255 e. The first-order valence-corrected chi connectivity index (χ1v) is 6.20. The summed E-state index contributed by atoms with van der Waals surface area (Å²) in [5.74, 6) is -0.424. The molecule has 1 amide bonds. The van der Waals surface area contributed by atoms with E-state index in [1.807, 2.05) is 12.1 Å². The van der Waals surface area contributed by atoms with E-state index in [9.17, 15) is 9.90 Å². The smallest absolute Gasteiger partial charge is 0.255 e. The molecule has 1 heterocycles. The summed E-state index contributed by atoms with van der Waals surface area (Å²) in [7, 11) is 0. The summed E-state index contributed by atoms with van der Waals surface area (Å²) in [6.45, 7) is 0.469. The van der Waals surface area contributed by atoms with Gasteiger partial charge in [-0.25, -0.2) is 0 Å². The number of halogens is 1. The minimum atomic E-state index is -0.344. The lowest BCUT2D eigenvalue weighted by molar-refractivity contribution is 0.0951. The fraction of sp³-hybridized carbons (Fsp3) is 0.143. The molecule has 0 atom stereocenters. The SMILES string of the molecule is O=C(NCCc1cccnc1)c1cc(Cl)ccc1O. The highest BCUT2D eigenvalue weighted by molar-refractivity contribution is 6.31. The predicted octanol–water partition coefficient (Wildman–Crippen LogP) is 2.41. The van der Waals surface area contributed by atoms with Crippen molar-refractivity contribution < 1.29 is 9.90 Å². The van der Waals surface area contributed by atoms with Gasteiger partial charge >= 0.3 is 0 Å². The summed E-state index contributed by atoms with van der Waals surface area (Å²) in [4.78, 5) is 15.9. The Morgan fingerprint density at radius 2 is 2.21 bits per heavy atom. The third-order valence-corrected chi connectivity index (χ3v) is 2.86. The maximum atomic E-state index is 11.9. The van der Waals surface area contributed by atoms with Crippen molar-refractivity contribution in [2.75, 3.05) is 6.54 Å². The zero-order chi connectivity index (χ0) is 13.7. The summed E-state index contributed by atoms with van der Waals surface area (Å²) in [6.07, 6.45) is 4.13. The van der Waals surface area contributed by atoms with E-state index in [0.717, 1.165) is 5.56 Å². The second kappa shape index (κ2) is 6.20. The number of phenolic OH excluding ortho intramolecular Hbond substituents is 1. The van der Waals surface area contributed by atoms with Crippen molar-refractivity contribution in [3.8, 4) is 5.75 Å². The number of carbonyl (C=O) groups is 1. The van der Waals surface area contributed by atoms with Crippen LogP contribution in [0.1, 0.15) is 15.9 Å². The number of phenols is 1. The van der Waals surface area contributed by atoms with Crippen LogP contribution in [-0.4, -0.2) is 22.5 Å². The predicted molar refractivity (Wildman–Crippen MR) is 73.4 cm³/mol. The largest absolute Gasteiger partial charge is 0.507 e. The normalized spacial score (nSPS) is 10.2. The Hall–Kier alpha value is -2.07. The first kappa shape index (κ1) is 13.4. The molecular weight excluding hydrogens is 264 g/mol. The van der Waals surface area contributed by atoms with Crippen molar-refractivity contribution in [1.29, 1.82) is 0 Å². The Balaban J connectivity index is 1.93. The molecule has 0 aliphatic heterocycles. The third kappa shape index (κ3) is 3.69. The van der Waals surface area contributed by atoms with Gasteiger partial charge < -0.3 is 10.4 Å². The molecule has 19 heavy (non-hydrogen) atoms. The van der Waals surface area contributed by atoms with Crippen LogP contribution in [0.3, 0.4) is 0 Å². The van der Waals surface area contributed by atoms with Gasteiger partial charge in [-0.2, -0.15) is 0 Å². The molecule has 0 aliphatic rings. The highest BCUT2D eigenvalue weighted by Crippen LogP contribution is 2.21. The Kier molecular flexibility index (Phi) is 4.36. The Labute approximate surface area is 116 Å². The third-order valence-electron chi connectivity index (χ3n) is 2.63. The van der Waals surface area contributed by atoms with Gasteiger partial charge in [-0.15, -0.1) is 0 Å². The molecule has 1 aromatic carbocycles. The number of nitrogens with one attached hydrogen (secondary N) is 1. The summed E-state index contributed by atoms with van der Waals surface area (Å²) < 4.78 is 0. The highest BCUT2D eigenvalue weighted by atomic mass is 35.5. The molecule has 0 fully saturated rings. The highest BCUT2D eigenvalue weighted by Gasteiger charge is 2.10. The van der Waals surface area contributed by atoms with E-state index >= 15 is 0 Å². The van der Waals surface area contributed by atoms with Crippen molar-refractivity contribution in [2.45, 2.75) is 6.42 Å². The molecule has 0 saturated heterocycles. The second-order valence-corrected chi connectivity index (χ2v) is 4.47. The lowest BCUT2D eigenvalue weighted by atomic mass is 10.1. The number of hydrogen-bond donors (Lipinski definition) is 2. The van der Waals surface area contributed by atoms with Crippen molar-refractivity contribution >= 4 is 17.5 Å². The molecule has 4 nitrogen and oxygen atoms in total. The number of aromatic nitrogens is 1. The Morgan fingerprint density at radius 1 is 1.37 bits per heavy atom. The zero-order valence-electron chi connectivity index (χ0n) is 10.1. The standard InChI is InChI=1S/C14H13ClN2O2/c15-11-3-4-13(18)12(8-11)14(19)17-7-5-10-2-1-6-16-9-10/h1-4,6,8-9,18H,5,7H2,(H,17,19). The van der Waals surface area contributed by atoms with Gasteiger partial charge in [0.1, 0.15) is 5.75 Å². The number of nitrogens with zero attached hydrogens (tertiary/aromatic N) is 1. The maximum absolute atomic E-state index is 11.9. The second-order valence-electron chi connectivity index (χ2n) is 4.03. The number of hydrogen-bond acceptors (Lipinski definition) is 3. The number of aromatic hydroxyl groups is 1. The van der Waals surface area contributed by atoms with Gasteiger partial charge in [0.2, 0.25) is 0 Å². The number of amides is 1. The van der Waals surface area contributed by atoms with E-state index in [-0.39, 0.29) is 17.2 Å². The monoisotopic (exact) mass is 276 g/mol. The summed E-state index contributed by atoms with van der Waals surface area (Å²) in [5.41, 5.74) is 1.22. The fourth-order valence-corrected chi connectivity index (χ4v) is 1.82. The minimum absolute atomic E-state index is 0.0803. The van der Waals surface area contributed by atoms with Gasteiger partial charge in [-0.3, -0.25) is 9.78 Å². The van der Waals surface area contributed by atoms with Crippen LogP contribution < -0.4 is 5.32 Å². The molecule has 0 radical (unpaired) electrons. The molecule has 98 valence electrons. The molecule has 2 N–H and O–H groups in total. The van der Waals surface area contributed by atoms with Gasteiger partial charge in [0.25, 0.3) is 5.91 Å². The van der Waals surface area contributed by atoms with E-state index in [1.54, 1.807) is 12.4 Å². The van der Waals surface area contributed by atoms with Gasteiger partial charge in [0.05, 0.1) is 5.56 Å². The average molecular weight is 277 g/mol. The van der Waals surface area contributed by atoms with Crippen LogP contribution in [-0.2, 0) is 6.42 Å². The molecule has 0 bridgehead atoms. The van der Waals surface area contributed by atoms with E-state index in [2.05, 4.69) is 10.3 Å². The fourth-order valence-electron chi connectivity index (χ4n) is 1.65. The molecule has 0 spiro atoms. The number of carbonyl (C=O) groups excluding carboxylic acids is 1. The van der Waals surface area contributed by atoms with Crippen LogP contribution in [0, 0.1) is 0 Å². The number of pyridine rings is 1. The van der Waals surface area contributed by atoms with Crippen molar-refractivity contribution in [3.05, 3.63) is 58.9 Å². The van der Waals surface area contributed by atoms with E-state index in [4.69, 9.17) is 11.6 Å². The molecule has 2 rings (SSSR count). The topological polar surface area (TPSA) is 62.2 Å². The molecule has 0 aliphatic carbocycles. The van der Waals surface area contributed by atoms with Crippen LogP contribution in [0.15, 0.2) is 42.7 Å². The molecular formula is C14H13ClN2O2. The van der Waals surface area contributed by atoms with Crippen molar-refractivity contribution in [1.82, 2.24) is 10.3 Å². The Morgan fingerprint density at radius 3 is 2.95 bits per heavy atom. The molecule has 1 aromatic heterocycles. The van der Waals surface area contributed by atoms with Crippen LogP contribution in [0.5, 0.6) is 5.75 Å². The van der Waals surface area contributed by atoms with Crippen LogP contribution in [0.2, 0.25) is 5.02 Å². The van der Waals surface area contributed by atoms with Gasteiger partial charge in [0.15, 0.2) is 0 Å². The molecule has 5 heteroatoms. The summed E-state index contributed by atoms with van der Waals surface area (Å²) >= 11 is 5.79. The van der Waals surface area contributed by atoms with Crippen molar-refractivity contribution in [2.24, 2.45) is 0 Å². The van der Waals surface area contributed by atoms with Crippen LogP contribution >= 0.6 is 11.6 Å². The first-order valence-electron chi connectivity index (χ1n) is 5.82. The molecule has 0 unspecified atom stereocenters. The van der Waals surface area contributed by atoms with Crippen LogP contribution in [0.4, 0.5) is 0 Å². The Bertz CT molecular complexity index is 573. The van der Waals surface area contributed by atoms with E-state index < -0.39 is 0 Å². The zero-order valence-corrected chi connectivity index (χ0v) is 10.9. The summed E-state index contributed by atoms with van der Waals surface area (Å²) in [5, 5.41) is 12.7. The van der Waals surface area contributed by atoms with Gasteiger partial charge in [0, 0.05) is 24.0 Å². The van der Waals surface area contributed by atoms with Crippen molar-refractivity contribution in [3.63, 3.8) is 0 Å².